The Morgan fingerprint density at radius 1 is 1.29 bits per heavy atom. The summed E-state index contributed by atoms with van der Waals surface area (Å²) in [6, 6.07) is 8.41. The summed E-state index contributed by atoms with van der Waals surface area (Å²) < 4.78 is 27.7. The van der Waals surface area contributed by atoms with Crippen LogP contribution in [0.2, 0.25) is 0 Å². The number of carbonyl (C=O) groups is 2. The molecule has 0 saturated heterocycles. The number of nitrogens with one attached hydrogen (secondary N) is 1. The molecule has 6 nitrogen and oxygen atoms in total. The number of aromatic nitrogens is 2. The summed E-state index contributed by atoms with van der Waals surface area (Å²) in [5.41, 5.74) is 2.45. The standard InChI is InChI=1S/C20H22F2N4O2/c1-13-3-2-4-14(7-13)19(28)25-11-16-5-6-23-26(16)17(12-25)8-18(27)24-15-9-20(21,22)10-15/h2-7,15,17H,8-12H2,1H3,(H,24,27)/t17-/m0/s1. The van der Waals surface area contributed by atoms with Gasteiger partial charge in [0.2, 0.25) is 5.91 Å². The number of nitrogens with zero attached hydrogens (tertiary/aromatic N) is 3. The number of carbonyl (C=O) groups excluding carboxylic acids is 2. The predicted molar refractivity (Wildman–Crippen MR) is 97.9 cm³/mol. The zero-order valence-electron chi connectivity index (χ0n) is 15.6. The van der Waals surface area contributed by atoms with E-state index in [-0.39, 0.29) is 37.1 Å². The molecule has 4 rings (SSSR count). The first-order valence-electron chi connectivity index (χ1n) is 9.36. The highest BCUT2D eigenvalue weighted by Gasteiger charge is 2.46. The second-order valence-corrected chi connectivity index (χ2v) is 7.71. The third-order valence-corrected chi connectivity index (χ3v) is 5.31. The van der Waals surface area contributed by atoms with Gasteiger partial charge in [-0.05, 0) is 25.1 Å². The maximum Gasteiger partial charge on any atom is 0.254 e. The molecule has 148 valence electrons. The first-order valence-corrected chi connectivity index (χ1v) is 9.36. The fraction of sp³-hybridized carbons (Fsp3) is 0.450. The first kappa shape index (κ1) is 18.6. The Kier molecular flexibility index (Phi) is 4.64. The molecule has 2 amide bonds. The van der Waals surface area contributed by atoms with E-state index >= 15 is 0 Å². The van der Waals surface area contributed by atoms with E-state index in [1.165, 1.54) is 0 Å². The van der Waals surface area contributed by atoms with Crippen molar-refractivity contribution < 1.29 is 18.4 Å². The van der Waals surface area contributed by atoms with Crippen LogP contribution < -0.4 is 5.32 Å². The van der Waals surface area contributed by atoms with Crippen LogP contribution >= 0.6 is 0 Å². The van der Waals surface area contributed by atoms with Crippen molar-refractivity contribution in [3.8, 4) is 0 Å². The molecule has 1 N–H and O–H groups in total. The van der Waals surface area contributed by atoms with Crippen LogP contribution in [0, 0.1) is 6.92 Å². The molecule has 1 aliphatic heterocycles. The van der Waals surface area contributed by atoms with Crippen LogP contribution in [-0.2, 0) is 11.3 Å². The molecule has 1 atom stereocenters. The molecule has 1 aromatic carbocycles. The van der Waals surface area contributed by atoms with Crippen LogP contribution in [0.4, 0.5) is 8.78 Å². The molecule has 1 fully saturated rings. The summed E-state index contributed by atoms with van der Waals surface area (Å²) >= 11 is 0. The molecule has 0 spiro atoms. The van der Waals surface area contributed by atoms with Crippen LogP contribution in [0.3, 0.4) is 0 Å². The zero-order valence-corrected chi connectivity index (χ0v) is 15.6. The van der Waals surface area contributed by atoms with Gasteiger partial charge in [-0.25, -0.2) is 8.78 Å². The third kappa shape index (κ3) is 3.76. The maximum absolute atomic E-state index is 13.0. The molecule has 0 bridgehead atoms. The highest BCUT2D eigenvalue weighted by molar-refractivity contribution is 5.94. The second-order valence-electron chi connectivity index (χ2n) is 7.71. The van der Waals surface area contributed by atoms with Gasteiger partial charge < -0.3 is 10.2 Å². The van der Waals surface area contributed by atoms with Crippen molar-refractivity contribution in [3.63, 3.8) is 0 Å². The summed E-state index contributed by atoms with van der Waals surface area (Å²) in [5.74, 6) is -3.06. The lowest BCUT2D eigenvalue weighted by Crippen LogP contribution is -2.51. The minimum absolute atomic E-state index is 0.0916. The smallest absolute Gasteiger partial charge is 0.254 e. The van der Waals surface area contributed by atoms with E-state index in [0.717, 1.165) is 11.3 Å². The van der Waals surface area contributed by atoms with Crippen molar-refractivity contribution in [2.24, 2.45) is 0 Å². The third-order valence-electron chi connectivity index (χ3n) is 5.31. The lowest BCUT2D eigenvalue weighted by molar-refractivity contribution is -0.130. The quantitative estimate of drug-likeness (QED) is 0.876. The molecular formula is C20H22F2N4O2. The molecule has 0 unspecified atom stereocenters. The van der Waals surface area contributed by atoms with Crippen LogP contribution in [0.25, 0.3) is 0 Å². The maximum atomic E-state index is 13.0. The van der Waals surface area contributed by atoms with Gasteiger partial charge in [0.05, 0.1) is 24.7 Å². The van der Waals surface area contributed by atoms with E-state index in [1.807, 2.05) is 31.2 Å². The Morgan fingerprint density at radius 3 is 2.79 bits per heavy atom. The Balaban J connectivity index is 1.45. The molecular weight excluding hydrogens is 366 g/mol. The number of benzene rings is 1. The van der Waals surface area contributed by atoms with E-state index in [1.54, 1.807) is 21.8 Å². The number of hydrogen-bond donors (Lipinski definition) is 1. The molecule has 2 heterocycles. The number of halogens is 2. The van der Waals surface area contributed by atoms with Crippen LogP contribution in [0.15, 0.2) is 36.5 Å². The Morgan fingerprint density at radius 2 is 2.07 bits per heavy atom. The van der Waals surface area contributed by atoms with Gasteiger partial charge in [-0.3, -0.25) is 14.3 Å². The first-order chi connectivity index (χ1) is 13.3. The molecule has 2 aromatic rings. The topological polar surface area (TPSA) is 67.2 Å². The van der Waals surface area contributed by atoms with Crippen LogP contribution in [0.5, 0.6) is 0 Å². The molecule has 1 saturated carbocycles. The van der Waals surface area contributed by atoms with E-state index in [2.05, 4.69) is 10.4 Å². The molecule has 28 heavy (non-hydrogen) atoms. The Bertz CT molecular complexity index is 903. The summed E-state index contributed by atoms with van der Waals surface area (Å²) in [6.45, 7) is 2.69. The molecule has 0 radical (unpaired) electrons. The highest BCUT2D eigenvalue weighted by Crippen LogP contribution is 2.37. The summed E-state index contributed by atoms with van der Waals surface area (Å²) in [5, 5.41) is 6.95. The SMILES string of the molecule is Cc1cccc(C(=O)N2Cc3ccnn3[C@@H](CC(=O)NC3CC(F)(F)C3)C2)c1. The number of aryl methyl sites for hydroxylation is 1. The number of amides is 2. The second kappa shape index (κ2) is 7.00. The average Bonchev–Trinajstić information content (AvgIpc) is 3.08. The lowest BCUT2D eigenvalue weighted by Gasteiger charge is -2.37. The molecule has 8 heteroatoms. The predicted octanol–water partition coefficient (Wildman–Crippen LogP) is 2.69. The van der Waals surface area contributed by atoms with Gasteiger partial charge >= 0.3 is 0 Å². The van der Waals surface area contributed by atoms with Crippen molar-refractivity contribution in [2.45, 2.75) is 50.7 Å². The van der Waals surface area contributed by atoms with Gasteiger partial charge in [0.25, 0.3) is 11.8 Å². The number of alkyl halides is 2. The largest absolute Gasteiger partial charge is 0.353 e. The van der Waals surface area contributed by atoms with Crippen molar-refractivity contribution in [2.75, 3.05) is 6.54 Å². The molecule has 1 aromatic heterocycles. The zero-order chi connectivity index (χ0) is 19.9. The fourth-order valence-corrected chi connectivity index (χ4v) is 3.92. The Labute approximate surface area is 161 Å². The van der Waals surface area contributed by atoms with Gasteiger partial charge in [-0.1, -0.05) is 17.7 Å². The van der Waals surface area contributed by atoms with Gasteiger partial charge in [0, 0.05) is 37.2 Å². The molecule has 1 aliphatic carbocycles. The lowest BCUT2D eigenvalue weighted by atomic mass is 9.88. The summed E-state index contributed by atoms with van der Waals surface area (Å²) in [6.07, 6.45) is 1.12. The minimum Gasteiger partial charge on any atom is -0.353 e. The monoisotopic (exact) mass is 388 g/mol. The average molecular weight is 388 g/mol. The van der Waals surface area contributed by atoms with E-state index in [4.69, 9.17) is 0 Å². The number of hydrogen-bond acceptors (Lipinski definition) is 3. The van der Waals surface area contributed by atoms with Crippen molar-refractivity contribution in [1.82, 2.24) is 20.0 Å². The van der Waals surface area contributed by atoms with Crippen molar-refractivity contribution in [1.29, 1.82) is 0 Å². The van der Waals surface area contributed by atoms with Gasteiger partial charge in [-0.2, -0.15) is 5.10 Å². The van der Waals surface area contributed by atoms with Crippen molar-refractivity contribution in [3.05, 3.63) is 53.3 Å². The van der Waals surface area contributed by atoms with E-state index < -0.39 is 12.0 Å². The Hall–Kier alpha value is -2.77. The number of fused-ring (bicyclic) bond motifs is 1. The summed E-state index contributed by atoms with van der Waals surface area (Å²) in [4.78, 5) is 27.0. The molecule has 2 aliphatic rings. The number of rotatable bonds is 4. The van der Waals surface area contributed by atoms with E-state index in [9.17, 15) is 18.4 Å². The van der Waals surface area contributed by atoms with Crippen LogP contribution in [-0.4, -0.2) is 45.0 Å². The van der Waals surface area contributed by atoms with E-state index in [0.29, 0.717) is 18.7 Å². The normalized spacial score (nSPS) is 21.0. The minimum atomic E-state index is -2.67. The van der Waals surface area contributed by atoms with Crippen molar-refractivity contribution >= 4 is 11.8 Å². The summed E-state index contributed by atoms with van der Waals surface area (Å²) in [7, 11) is 0. The highest BCUT2D eigenvalue weighted by atomic mass is 19.3. The van der Waals surface area contributed by atoms with Crippen LogP contribution in [0.1, 0.15) is 46.9 Å². The van der Waals surface area contributed by atoms with Gasteiger partial charge in [-0.15, -0.1) is 0 Å². The van der Waals surface area contributed by atoms with Gasteiger partial charge in [0.15, 0.2) is 0 Å². The van der Waals surface area contributed by atoms with Gasteiger partial charge in [0.1, 0.15) is 0 Å². The fourth-order valence-electron chi connectivity index (χ4n) is 3.92.